The van der Waals surface area contributed by atoms with Crippen LogP contribution in [0.25, 0.3) is 0 Å². The summed E-state index contributed by atoms with van der Waals surface area (Å²) in [5.74, 6) is 1.52. The fourth-order valence-electron chi connectivity index (χ4n) is 1.89. The van der Waals surface area contributed by atoms with Gasteiger partial charge in [-0.2, -0.15) is 4.98 Å². The maximum Gasteiger partial charge on any atom is 0.215 e. The third-order valence-electron chi connectivity index (χ3n) is 2.77. The van der Waals surface area contributed by atoms with Crippen LogP contribution < -0.4 is 10.1 Å². The molecule has 0 aromatic carbocycles. The second-order valence-electron chi connectivity index (χ2n) is 4.19. The number of hydrogen-bond acceptors (Lipinski definition) is 4. The highest BCUT2D eigenvalue weighted by molar-refractivity contribution is 5.36. The third kappa shape index (κ3) is 3.89. The van der Waals surface area contributed by atoms with Gasteiger partial charge in [0.1, 0.15) is 12.4 Å². The number of pyridine rings is 1. The van der Waals surface area contributed by atoms with Gasteiger partial charge in [0.15, 0.2) is 0 Å². The quantitative estimate of drug-likeness (QED) is 0.853. The Kier molecular flexibility index (Phi) is 4.62. The van der Waals surface area contributed by atoms with Gasteiger partial charge in [0.2, 0.25) is 5.88 Å². The summed E-state index contributed by atoms with van der Waals surface area (Å²) in [5.41, 5.74) is 0. The molecule has 1 aromatic rings. The SMILES string of the molecule is CCNc1cccc(OCC2CCCCO2)n1. The number of aromatic nitrogens is 1. The van der Waals surface area contributed by atoms with Crippen molar-refractivity contribution in [3.8, 4) is 5.88 Å². The summed E-state index contributed by atoms with van der Waals surface area (Å²) in [5, 5.41) is 3.16. The highest BCUT2D eigenvalue weighted by Crippen LogP contribution is 2.15. The number of nitrogens with zero attached hydrogens (tertiary/aromatic N) is 1. The van der Waals surface area contributed by atoms with Gasteiger partial charge in [-0.15, -0.1) is 0 Å². The molecule has 1 atom stereocenters. The first-order valence-corrected chi connectivity index (χ1v) is 6.34. The maximum atomic E-state index is 5.66. The largest absolute Gasteiger partial charge is 0.475 e. The molecule has 94 valence electrons. The van der Waals surface area contributed by atoms with Gasteiger partial charge >= 0.3 is 0 Å². The lowest BCUT2D eigenvalue weighted by Gasteiger charge is -2.22. The Morgan fingerprint density at radius 3 is 3.18 bits per heavy atom. The summed E-state index contributed by atoms with van der Waals surface area (Å²) < 4.78 is 11.3. The molecule has 2 rings (SSSR count). The molecule has 4 nitrogen and oxygen atoms in total. The molecule has 1 fully saturated rings. The molecular weight excluding hydrogens is 216 g/mol. The van der Waals surface area contributed by atoms with Crippen molar-refractivity contribution in [2.24, 2.45) is 0 Å². The monoisotopic (exact) mass is 236 g/mol. The van der Waals surface area contributed by atoms with Gasteiger partial charge in [-0.05, 0) is 32.3 Å². The Morgan fingerprint density at radius 2 is 2.41 bits per heavy atom. The molecule has 0 bridgehead atoms. The van der Waals surface area contributed by atoms with Crippen LogP contribution in [0.5, 0.6) is 5.88 Å². The molecule has 1 aliphatic heterocycles. The molecule has 1 N–H and O–H groups in total. The number of ether oxygens (including phenoxy) is 2. The van der Waals surface area contributed by atoms with Crippen molar-refractivity contribution in [3.63, 3.8) is 0 Å². The van der Waals surface area contributed by atoms with Crippen LogP contribution in [0.4, 0.5) is 5.82 Å². The molecule has 1 unspecified atom stereocenters. The van der Waals surface area contributed by atoms with Crippen molar-refractivity contribution in [1.82, 2.24) is 4.98 Å². The van der Waals surface area contributed by atoms with Crippen molar-refractivity contribution < 1.29 is 9.47 Å². The summed E-state index contributed by atoms with van der Waals surface area (Å²) in [6.07, 6.45) is 3.73. The van der Waals surface area contributed by atoms with Crippen LogP contribution in [-0.4, -0.2) is 30.8 Å². The molecule has 0 spiro atoms. The zero-order chi connectivity index (χ0) is 11.9. The summed E-state index contributed by atoms with van der Waals surface area (Å²) in [7, 11) is 0. The maximum absolute atomic E-state index is 5.66. The van der Waals surface area contributed by atoms with E-state index in [1.807, 2.05) is 25.1 Å². The number of rotatable bonds is 5. The highest BCUT2D eigenvalue weighted by Gasteiger charge is 2.14. The van der Waals surface area contributed by atoms with Crippen LogP contribution in [-0.2, 0) is 4.74 Å². The van der Waals surface area contributed by atoms with Gasteiger partial charge in [0.05, 0.1) is 6.10 Å². The fraction of sp³-hybridized carbons (Fsp3) is 0.615. The van der Waals surface area contributed by atoms with Gasteiger partial charge in [-0.25, -0.2) is 0 Å². The van der Waals surface area contributed by atoms with Crippen molar-refractivity contribution in [3.05, 3.63) is 18.2 Å². The Hall–Kier alpha value is -1.29. The molecule has 2 heterocycles. The number of anilines is 1. The molecule has 1 saturated heterocycles. The first-order valence-electron chi connectivity index (χ1n) is 6.34. The molecule has 1 aromatic heterocycles. The predicted octanol–water partition coefficient (Wildman–Crippen LogP) is 2.46. The first-order chi connectivity index (χ1) is 8.38. The zero-order valence-corrected chi connectivity index (χ0v) is 10.3. The van der Waals surface area contributed by atoms with E-state index in [4.69, 9.17) is 9.47 Å². The zero-order valence-electron chi connectivity index (χ0n) is 10.3. The molecule has 4 heteroatoms. The van der Waals surface area contributed by atoms with E-state index < -0.39 is 0 Å². The van der Waals surface area contributed by atoms with Crippen LogP contribution in [0.1, 0.15) is 26.2 Å². The van der Waals surface area contributed by atoms with E-state index >= 15 is 0 Å². The van der Waals surface area contributed by atoms with Crippen LogP contribution in [0.15, 0.2) is 18.2 Å². The normalized spacial score (nSPS) is 19.9. The molecule has 0 amide bonds. The van der Waals surface area contributed by atoms with E-state index in [0.717, 1.165) is 25.4 Å². The second kappa shape index (κ2) is 6.45. The van der Waals surface area contributed by atoms with E-state index in [9.17, 15) is 0 Å². The summed E-state index contributed by atoms with van der Waals surface area (Å²) in [4.78, 5) is 4.36. The van der Waals surface area contributed by atoms with E-state index in [1.54, 1.807) is 0 Å². The van der Waals surface area contributed by atoms with Crippen LogP contribution in [0.3, 0.4) is 0 Å². The van der Waals surface area contributed by atoms with Crippen LogP contribution in [0, 0.1) is 0 Å². The van der Waals surface area contributed by atoms with E-state index in [0.29, 0.717) is 12.5 Å². The Morgan fingerprint density at radius 1 is 1.47 bits per heavy atom. The lowest BCUT2D eigenvalue weighted by molar-refractivity contribution is -0.0119. The van der Waals surface area contributed by atoms with Crippen molar-refractivity contribution in [1.29, 1.82) is 0 Å². The third-order valence-corrected chi connectivity index (χ3v) is 2.77. The van der Waals surface area contributed by atoms with Gasteiger partial charge in [-0.1, -0.05) is 6.07 Å². The summed E-state index contributed by atoms with van der Waals surface area (Å²) in [6.45, 7) is 4.37. The second-order valence-corrected chi connectivity index (χ2v) is 4.19. The van der Waals surface area contributed by atoms with Crippen molar-refractivity contribution in [2.45, 2.75) is 32.3 Å². The van der Waals surface area contributed by atoms with Gasteiger partial charge < -0.3 is 14.8 Å². The van der Waals surface area contributed by atoms with E-state index in [2.05, 4.69) is 10.3 Å². The van der Waals surface area contributed by atoms with Gasteiger partial charge in [0, 0.05) is 19.2 Å². The Balaban J connectivity index is 1.83. The first kappa shape index (κ1) is 12.2. The average Bonchev–Trinajstić information content (AvgIpc) is 2.39. The average molecular weight is 236 g/mol. The minimum Gasteiger partial charge on any atom is -0.475 e. The van der Waals surface area contributed by atoms with Crippen molar-refractivity contribution in [2.75, 3.05) is 25.1 Å². The summed E-state index contributed by atoms with van der Waals surface area (Å²) in [6, 6.07) is 5.76. The lowest BCUT2D eigenvalue weighted by atomic mass is 10.1. The predicted molar refractivity (Wildman–Crippen MR) is 67.5 cm³/mol. The summed E-state index contributed by atoms with van der Waals surface area (Å²) >= 11 is 0. The van der Waals surface area contributed by atoms with Crippen LogP contribution in [0.2, 0.25) is 0 Å². The van der Waals surface area contributed by atoms with E-state index in [1.165, 1.54) is 12.8 Å². The number of hydrogen-bond donors (Lipinski definition) is 1. The minimum atomic E-state index is 0.230. The van der Waals surface area contributed by atoms with Gasteiger partial charge in [-0.3, -0.25) is 0 Å². The fourth-order valence-corrected chi connectivity index (χ4v) is 1.89. The molecule has 17 heavy (non-hydrogen) atoms. The van der Waals surface area contributed by atoms with Crippen LogP contribution >= 0.6 is 0 Å². The topological polar surface area (TPSA) is 43.4 Å². The Bertz CT molecular complexity index is 338. The van der Waals surface area contributed by atoms with Crippen molar-refractivity contribution >= 4 is 5.82 Å². The molecule has 0 radical (unpaired) electrons. The van der Waals surface area contributed by atoms with E-state index in [-0.39, 0.29) is 6.10 Å². The standard InChI is InChI=1S/C13H20N2O2/c1-2-14-12-7-5-8-13(15-12)17-10-11-6-3-4-9-16-11/h5,7-8,11H,2-4,6,9-10H2,1H3,(H,14,15). The molecule has 1 aliphatic rings. The highest BCUT2D eigenvalue weighted by atomic mass is 16.5. The minimum absolute atomic E-state index is 0.230. The van der Waals surface area contributed by atoms with Gasteiger partial charge in [0.25, 0.3) is 0 Å². The lowest BCUT2D eigenvalue weighted by Crippen LogP contribution is -2.26. The Labute approximate surface area is 102 Å². The molecular formula is C13H20N2O2. The molecule has 0 aliphatic carbocycles. The molecule has 0 saturated carbocycles. The number of nitrogens with one attached hydrogen (secondary N) is 1. The smallest absolute Gasteiger partial charge is 0.215 e.